The molecular weight excluding hydrogens is 318 g/mol. The molecule has 0 aliphatic carbocycles. The Morgan fingerprint density at radius 1 is 1.04 bits per heavy atom. The van der Waals surface area contributed by atoms with Crippen molar-refractivity contribution in [2.45, 2.75) is 18.9 Å². The molecule has 128 valence electrons. The molecule has 5 heteroatoms. The van der Waals surface area contributed by atoms with Crippen molar-refractivity contribution in [3.63, 3.8) is 0 Å². The lowest BCUT2D eigenvalue weighted by molar-refractivity contribution is -0.144. The monoisotopic (exact) mass is 337 g/mol. The van der Waals surface area contributed by atoms with Crippen molar-refractivity contribution in [1.29, 1.82) is 0 Å². The summed E-state index contributed by atoms with van der Waals surface area (Å²) in [5.74, 6) is -0.591. The highest BCUT2D eigenvalue weighted by Gasteiger charge is 2.24. The predicted molar refractivity (Wildman–Crippen MR) is 93.6 cm³/mol. The van der Waals surface area contributed by atoms with Gasteiger partial charge in [-0.15, -0.1) is 0 Å². The number of rotatable bonds is 6. The van der Waals surface area contributed by atoms with Crippen LogP contribution in [0.3, 0.4) is 0 Å². The minimum atomic E-state index is -0.363. The second-order valence-electron chi connectivity index (χ2n) is 6.00. The number of benzene rings is 2. The van der Waals surface area contributed by atoms with E-state index in [0.29, 0.717) is 11.1 Å². The third-order valence-corrected chi connectivity index (χ3v) is 4.28. The second kappa shape index (κ2) is 7.85. The lowest BCUT2D eigenvalue weighted by Crippen LogP contribution is -2.33. The number of carbonyl (C=O) groups excluding carboxylic acids is 3. The fourth-order valence-corrected chi connectivity index (χ4v) is 2.81. The van der Waals surface area contributed by atoms with Gasteiger partial charge in [0, 0.05) is 11.1 Å². The van der Waals surface area contributed by atoms with Crippen LogP contribution in [0.15, 0.2) is 48.5 Å². The van der Waals surface area contributed by atoms with E-state index in [0.717, 1.165) is 36.8 Å². The third kappa shape index (κ3) is 4.19. The first kappa shape index (κ1) is 17.0. The van der Waals surface area contributed by atoms with Gasteiger partial charge in [-0.05, 0) is 30.5 Å². The Morgan fingerprint density at radius 3 is 2.24 bits per heavy atom. The zero-order chi connectivity index (χ0) is 17.6. The minimum absolute atomic E-state index is 0.228. The maximum Gasteiger partial charge on any atom is 0.323 e. The number of carbonyl (C=O) groups is 3. The van der Waals surface area contributed by atoms with Crippen LogP contribution in [-0.2, 0) is 9.53 Å². The average Bonchev–Trinajstić information content (AvgIpc) is 3.21. The van der Waals surface area contributed by atoms with E-state index in [4.69, 9.17) is 4.74 Å². The van der Waals surface area contributed by atoms with E-state index in [2.05, 4.69) is 5.32 Å². The molecular formula is C20H19NO4. The van der Waals surface area contributed by atoms with Gasteiger partial charge in [-0.2, -0.15) is 0 Å². The van der Waals surface area contributed by atoms with Gasteiger partial charge in [-0.25, -0.2) is 0 Å². The van der Waals surface area contributed by atoms with Crippen molar-refractivity contribution in [2.24, 2.45) is 0 Å². The van der Waals surface area contributed by atoms with E-state index in [9.17, 15) is 14.4 Å². The van der Waals surface area contributed by atoms with Crippen molar-refractivity contribution in [3.8, 4) is 11.1 Å². The van der Waals surface area contributed by atoms with Crippen LogP contribution in [0.25, 0.3) is 11.1 Å². The first-order valence-electron chi connectivity index (χ1n) is 8.26. The molecule has 5 nitrogen and oxygen atoms in total. The Balaban J connectivity index is 1.59. The Labute approximate surface area is 146 Å². The zero-order valence-electron chi connectivity index (χ0n) is 13.7. The van der Waals surface area contributed by atoms with Crippen molar-refractivity contribution in [1.82, 2.24) is 5.32 Å². The molecule has 0 saturated carbocycles. The van der Waals surface area contributed by atoms with Crippen molar-refractivity contribution >= 4 is 18.0 Å². The number of esters is 1. The molecule has 0 radical (unpaired) electrons. The topological polar surface area (TPSA) is 72.5 Å². The third-order valence-electron chi connectivity index (χ3n) is 4.28. The fraction of sp³-hybridized carbons (Fsp3) is 0.250. The lowest BCUT2D eigenvalue weighted by Gasteiger charge is -2.10. The molecule has 2 aromatic rings. The molecule has 25 heavy (non-hydrogen) atoms. The van der Waals surface area contributed by atoms with Crippen molar-refractivity contribution in [2.75, 3.05) is 13.2 Å². The number of hydrogen-bond donors (Lipinski definition) is 1. The predicted octanol–water partition coefficient (Wildman–Crippen LogP) is 2.64. The van der Waals surface area contributed by atoms with Crippen LogP contribution in [0.2, 0.25) is 0 Å². The molecule has 0 bridgehead atoms. The summed E-state index contributed by atoms with van der Waals surface area (Å²) >= 11 is 0. The first-order valence-corrected chi connectivity index (χ1v) is 8.26. The van der Waals surface area contributed by atoms with E-state index in [-0.39, 0.29) is 24.4 Å². The van der Waals surface area contributed by atoms with Crippen molar-refractivity contribution < 1.29 is 19.1 Å². The number of hydrogen-bond acceptors (Lipinski definition) is 5. The summed E-state index contributed by atoms with van der Waals surface area (Å²) in [6, 6.07) is 14.0. The van der Waals surface area contributed by atoms with Gasteiger partial charge in [0.05, 0.1) is 0 Å². The molecule has 1 N–H and O–H groups in total. The number of Topliss-reactive ketones (excluding diaryl/α,β-unsaturated/α-hetero) is 1. The summed E-state index contributed by atoms with van der Waals surface area (Å²) in [4.78, 5) is 34.7. The SMILES string of the molecule is O=Cc1ccc(-c2ccc(C(=O)COC(=O)C3CCCN3)cc2)cc1. The van der Waals surface area contributed by atoms with Crippen LogP contribution in [0, 0.1) is 0 Å². The maximum absolute atomic E-state index is 12.2. The van der Waals surface area contributed by atoms with Gasteiger partial charge in [-0.3, -0.25) is 14.4 Å². The summed E-state index contributed by atoms with van der Waals surface area (Å²) in [6.07, 6.45) is 2.50. The highest BCUT2D eigenvalue weighted by Crippen LogP contribution is 2.20. The normalized spacial score (nSPS) is 16.4. The highest BCUT2D eigenvalue weighted by atomic mass is 16.5. The standard InChI is InChI=1S/C20H19NO4/c22-12-14-3-5-15(6-4-14)16-7-9-17(10-8-16)19(23)13-25-20(24)18-2-1-11-21-18/h3-10,12,18,21H,1-2,11,13H2. The summed E-state index contributed by atoms with van der Waals surface area (Å²) in [5.41, 5.74) is 3.03. The molecule has 0 aromatic heterocycles. The molecule has 0 spiro atoms. The molecule has 0 amide bonds. The highest BCUT2D eigenvalue weighted by molar-refractivity contribution is 5.98. The Kier molecular flexibility index (Phi) is 5.36. The molecule has 1 aliphatic heterocycles. The zero-order valence-corrected chi connectivity index (χ0v) is 13.7. The smallest absolute Gasteiger partial charge is 0.323 e. The van der Waals surface area contributed by atoms with Crippen LogP contribution in [0.1, 0.15) is 33.6 Å². The largest absolute Gasteiger partial charge is 0.456 e. The van der Waals surface area contributed by atoms with Gasteiger partial charge in [0.25, 0.3) is 0 Å². The number of aldehydes is 1. The number of nitrogens with one attached hydrogen (secondary N) is 1. The summed E-state index contributed by atoms with van der Waals surface area (Å²) < 4.78 is 5.10. The average molecular weight is 337 g/mol. The van der Waals surface area contributed by atoms with Crippen LogP contribution in [-0.4, -0.2) is 37.2 Å². The molecule has 1 aliphatic rings. The van der Waals surface area contributed by atoms with Crippen LogP contribution in [0.5, 0.6) is 0 Å². The van der Waals surface area contributed by atoms with Crippen LogP contribution >= 0.6 is 0 Å². The van der Waals surface area contributed by atoms with Gasteiger partial charge in [0.1, 0.15) is 12.3 Å². The molecule has 1 atom stereocenters. The maximum atomic E-state index is 12.2. The van der Waals surface area contributed by atoms with Gasteiger partial charge < -0.3 is 10.1 Å². The van der Waals surface area contributed by atoms with E-state index in [1.165, 1.54) is 0 Å². The second-order valence-corrected chi connectivity index (χ2v) is 6.00. The van der Waals surface area contributed by atoms with Gasteiger partial charge in [-0.1, -0.05) is 48.5 Å². The van der Waals surface area contributed by atoms with Gasteiger partial charge in [0.2, 0.25) is 0 Å². The molecule has 1 heterocycles. The molecule has 3 rings (SSSR count). The van der Waals surface area contributed by atoms with E-state index in [1.807, 2.05) is 24.3 Å². The summed E-state index contributed by atoms with van der Waals surface area (Å²) in [7, 11) is 0. The van der Waals surface area contributed by atoms with Crippen molar-refractivity contribution in [3.05, 3.63) is 59.7 Å². The molecule has 1 saturated heterocycles. The minimum Gasteiger partial charge on any atom is -0.456 e. The van der Waals surface area contributed by atoms with Crippen LogP contribution < -0.4 is 5.32 Å². The van der Waals surface area contributed by atoms with E-state index >= 15 is 0 Å². The summed E-state index contributed by atoms with van der Waals surface area (Å²) in [6.45, 7) is 0.563. The van der Waals surface area contributed by atoms with Gasteiger partial charge >= 0.3 is 5.97 Å². The first-order chi connectivity index (χ1) is 12.2. The van der Waals surface area contributed by atoms with E-state index in [1.54, 1.807) is 24.3 Å². The van der Waals surface area contributed by atoms with Crippen LogP contribution in [0.4, 0.5) is 0 Å². The quantitative estimate of drug-likeness (QED) is 0.498. The summed E-state index contributed by atoms with van der Waals surface area (Å²) in [5, 5.41) is 3.05. The van der Waals surface area contributed by atoms with Gasteiger partial charge in [0.15, 0.2) is 12.4 Å². The number of ether oxygens (including phenoxy) is 1. The Bertz CT molecular complexity index is 759. The molecule has 2 aromatic carbocycles. The molecule has 1 unspecified atom stereocenters. The van der Waals surface area contributed by atoms with E-state index < -0.39 is 0 Å². The number of ketones is 1. The Hall–Kier alpha value is -2.79. The lowest BCUT2D eigenvalue weighted by atomic mass is 10.0. The fourth-order valence-electron chi connectivity index (χ4n) is 2.81. The Morgan fingerprint density at radius 2 is 1.68 bits per heavy atom. The molecule has 1 fully saturated rings.